The molecule has 1 heteroatoms. The molecule has 0 radical (unpaired) electrons. The molecule has 4 aromatic rings. The van der Waals surface area contributed by atoms with Gasteiger partial charge in [0.05, 0.1) is 5.39 Å². The maximum atomic E-state index is 2.30. The quantitative estimate of drug-likeness (QED) is 0.422. The number of aryl methyl sites for hydroxylation is 3. The van der Waals surface area contributed by atoms with Gasteiger partial charge in [0.25, 0.3) is 0 Å². The molecule has 122 valence electrons. The van der Waals surface area contributed by atoms with E-state index in [4.69, 9.17) is 0 Å². The van der Waals surface area contributed by atoms with E-state index >= 15 is 0 Å². The number of pyridine rings is 1. The number of nitrogens with zero attached hydrogens (tertiary/aromatic N) is 1. The maximum absolute atomic E-state index is 2.30. The van der Waals surface area contributed by atoms with Crippen LogP contribution in [0.15, 0.2) is 79.0 Å². The molecule has 0 spiro atoms. The monoisotopic (exact) mass is 324 g/mol. The van der Waals surface area contributed by atoms with Crippen LogP contribution in [0.25, 0.3) is 33.2 Å². The summed E-state index contributed by atoms with van der Waals surface area (Å²) in [6, 6.07) is 26.2. The van der Waals surface area contributed by atoms with Gasteiger partial charge in [-0.1, -0.05) is 66.2 Å². The molecule has 1 aromatic heterocycles. The molecule has 0 bridgehead atoms. The Hall–Kier alpha value is -2.93. The fourth-order valence-electron chi connectivity index (χ4n) is 3.48. The second-order valence-corrected chi connectivity index (χ2v) is 6.76. The molecule has 0 aliphatic heterocycles. The Labute approximate surface area is 149 Å². The van der Waals surface area contributed by atoms with Crippen molar-refractivity contribution < 1.29 is 4.57 Å². The van der Waals surface area contributed by atoms with Crippen LogP contribution in [0.2, 0.25) is 0 Å². The van der Waals surface area contributed by atoms with Gasteiger partial charge in [0.15, 0.2) is 6.20 Å². The molecule has 0 fully saturated rings. The molecule has 0 unspecified atom stereocenters. The molecule has 0 amide bonds. The van der Waals surface area contributed by atoms with Crippen LogP contribution in [0, 0.1) is 13.8 Å². The Morgan fingerprint density at radius 2 is 1.44 bits per heavy atom. The summed E-state index contributed by atoms with van der Waals surface area (Å²) in [5, 5.41) is 2.56. The second-order valence-electron chi connectivity index (χ2n) is 6.76. The minimum Gasteiger partial charge on any atom is -0.200 e. The van der Waals surface area contributed by atoms with Gasteiger partial charge in [-0.3, -0.25) is 0 Å². The number of benzene rings is 3. The summed E-state index contributed by atoms with van der Waals surface area (Å²) in [6.07, 6.45) is 2.26. The number of rotatable bonds is 2. The SMILES string of the molecule is Cc1ccc(-c2cccc3cc(-c4ccccc4C)[n+](C)cc23)cc1. The van der Waals surface area contributed by atoms with E-state index in [0.29, 0.717) is 0 Å². The molecule has 0 aliphatic rings. The van der Waals surface area contributed by atoms with Crippen LogP contribution in [0.1, 0.15) is 11.1 Å². The van der Waals surface area contributed by atoms with Crippen LogP contribution in [0.3, 0.4) is 0 Å². The van der Waals surface area contributed by atoms with E-state index in [-0.39, 0.29) is 0 Å². The van der Waals surface area contributed by atoms with Crippen molar-refractivity contribution in [2.24, 2.45) is 7.05 Å². The molecule has 0 saturated heterocycles. The van der Waals surface area contributed by atoms with Gasteiger partial charge in [0.2, 0.25) is 5.69 Å². The lowest BCUT2D eigenvalue weighted by atomic mass is 9.97. The zero-order valence-corrected chi connectivity index (χ0v) is 15.0. The van der Waals surface area contributed by atoms with Crippen molar-refractivity contribution in [2.45, 2.75) is 13.8 Å². The topological polar surface area (TPSA) is 3.88 Å². The van der Waals surface area contributed by atoms with Crippen LogP contribution in [0.5, 0.6) is 0 Å². The van der Waals surface area contributed by atoms with Crippen molar-refractivity contribution in [1.82, 2.24) is 0 Å². The van der Waals surface area contributed by atoms with Gasteiger partial charge in [-0.05, 0) is 42.0 Å². The lowest BCUT2D eigenvalue weighted by molar-refractivity contribution is -0.659. The molecule has 4 rings (SSSR count). The molecular weight excluding hydrogens is 302 g/mol. The third-order valence-electron chi connectivity index (χ3n) is 4.92. The molecule has 0 N–H and O–H groups in total. The first-order valence-corrected chi connectivity index (χ1v) is 8.69. The number of fused-ring (bicyclic) bond motifs is 1. The van der Waals surface area contributed by atoms with E-state index in [1.165, 1.54) is 44.3 Å². The zero-order valence-electron chi connectivity index (χ0n) is 15.0. The van der Waals surface area contributed by atoms with Crippen molar-refractivity contribution in [3.05, 3.63) is 90.1 Å². The molecule has 1 heterocycles. The van der Waals surface area contributed by atoms with Crippen molar-refractivity contribution in [3.63, 3.8) is 0 Å². The highest BCUT2D eigenvalue weighted by molar-refractivity contribution is 5.96. The van der Waals surface area contributed by atoms with Gasteiger partial charge in [0.1, 0.15) is 7.05 Å². The van der Waals surface area contributed by atoms with Crippen LogP contribution in [-0.2, 0) is 7.05 Å². The third-order valence-corrected chi connectivity index (χ3v) is 4.92. The van der Waals surface area contributed by atoms with E-state index in [1.54, 1.807) is 0 Å². The van der Waals surface area contributed by atoms with Crippen molar-refractivity contribution in [3.8, 4) is 22.4 Å². The highest BCUT2D eigenvalue weighted by atomic mass is 14.9. The fourth-order valence-corrected chi connectivity index (χ4v) is 3.48. The van der Waals surface area contributed by atoms with Crippen molar-refractivity contribution in [2.75, 3.05) is 0 Å². The molecule has 25 heavy (non-hydrogen) atoms. The lowest BCUT2D eigenvalue weighted by Crippen LogP contribution is -2.30. The van der Waals surface area contributed by atoms with E-state index in [0.717, 1.165) is 0 Å². The van der Waals surface area contributed by atoms with E-state index in [9.17, 15) is 0 Å². The standard InChI is InChI=1S/C24H22N/c1-17-11-13-19(14-12-17)22-10-6-8-20-15-24(25(3)16-23(20)22)21-9-5-4-7-18(21)2/h4-16H,1-3H3/q+1. The summed E-state index contributed by atoms with van der Waals surface area (Å²) in [5.41, 5.74) is 7.66. The Bertz CT molecular complexity index is 1060. The van der Waals surface area contributed by atoms with Gasteiger partial charge in [-0.25, -0.2) is 4.57 Å². The molecule has 0 aliphatic carbocycles. The Kier molecular flexibility index (Phi) is 3.85. The van der Waals surface area contributed by atoms with Crippen molar-refractivity contribution >= 4 is 10.8 Å². The Morgan fingerprint density at radius 3 is 2.20 bits per heavy atom. The van der Waals surface area contributed by atoms with E-state index in [2.05, 4.69) is 104 Å². The minimum absolute atomic E-state index is 1.24. The predicted octanol–water partition coefficient (Wildman–Crippen LogP) is 5.62. The number of hydrogen-bond donors (Lipinski definition) is 0. The maximum Gasteiger partial charge on any atom is 0.213 e. The van der Waals surface area contributed by atoms with Crippen LogP contribution in [-0.4, -0.2) is 0 Å². The van der Waals surface area contributed by atoms with Crippen LogP contribution >= 0.6 is 0 Å². The van der Waals surface area contributed by atoms with Gasteiger partial charge >= 0.3 is 0 Å². The third kappa shape index (κ3) is 2.83. The Morgan fingerprint density at radius 1 is 0.720 bits per heavy atom. The highest BCUT2D eigenvalue weighted by Crippen LogP contribution is 2.30. The predicted molar refractivity (Wildman–Crippen MR) is 105 cm³/mol. The van der Waals surface area contributed by atoms with Crippen LogP contribution < -0.4 is 4.57 Å². The smallest absolute Gasteiger partial charge is 0.200 e. The normalized spacial score (nSPS) is 11.0. The molecule has 0 saturated carbocycles. The molecule has 3 aromatic carbocycles. The summed E-state index contributed by atoms with van der Waals surface area (Å²) in [5.74, 6) is 0. The van der Waals surface area contributed by atoms with E-state index in [1.807, 2.05) is 0 Å². The largest absolute Gasteiger partial charge is 0.213 e. The molecule has 1 nitrogen and oxygen atoms in total. The first-order chi connectivity index (χ1) is 12.1. The number of aromatic nitrogens is 1. The first-order valence-electron chi connectivity index (χ1n) is 8.69. The summed E-state index contributed by atoms with van der Waals surface area (Å²) >= 11 is 0. The second kappa shape index (κ2) is 6.18. The molecule has 0 atom stereocenters. The van der Waals surface area contributed by atoms with Gasteiger partial charge in [0, 0.05) is 11.6 Å². The lowest BCUT2D eigenvalue weighted by Gasteiger charge is -2.09. The van der Waals surface area contributed by atoms with Gasteiger partial charge in [-0.15, -0.1) is 0 Å². The summed E-state index contributed by atoms with van der Waals surface area (Å²) < 4.78 is 2.24. The highest BCUT2D eigenvalue weighted by Gasteiger charge is 2.15. The number of hydrogen-bond acceptors (Lipinski definition) is 0. The summed E-state index contributed by atoms with van der Waals surface area (Å²) in [4.78, 5) is 0. The van der Waals surface area contributed by atoms with Crippen molar-refractivity contribution in [1.29, 1.82) is 0 Å². The first kappa shape index (κ1) is 15.6. The van der Waals surface area contributed by atoms with Crippen LogP contribution in [0.4, 0.5) is 0 Å². The van der Waals surface area contributed by atoms with E-state index < -0.39 is 0 Å². The zero-order chi connectivity index (χ0) is 17.4. The average molecular weight is 324 g/mol. The average Bonchev–Trinajstić information content (AvgIpc) is 2.62. The molecular formula is C24H22N+. The van der Waals surface area contributed by atoms with Gasteiger partial charge in [-0.2, -0.15) is 0 Å². The fraction of sp³-hybridized carbons (Fsp3) is 0.125. The van der Waals surface area contributed by atoms with Gasteiger partial charge < -0.3 is 0 Å². The summed E-state index contributed by atoms with van der Waals surface area (Å²) in [7, 11) is 2.13. The Balaban J connectivity index is 1.94. The minimum atomic E-state index is 1.24. The summed E-state index contributed by atoms with van der Waals surface area (Å²) in [6.45, 7) is 4.30.